The van der Waals surface area contributed by atoms with Gasteiger partial charge in [-0.25, -0.2) is 5.48 Å². The molecular weight excluding hydrogens is 484 g/mol. The van der Waals surface area contributed by atoms with E-state index in [1.165, 1.54) is 24.7 Å². The quantitative estimate of drug-likeness (QED) is 0.193. The van der Waals surface area contributed by atoms with E-state index in [1.54, 1.807) is 6.07 Å². The lowest BCUT2D eigenvalue weighted by Gasteiger charge is -2.33. The van der Waals surface area contributed by atoms with Gasteiger partial charge in [-0.2, -0.15) is 0 Å². The van der Waals surface area contributed by atoms with Gasteiger partial charge in [0.05, 0.1) is 5.56 Å². The number of primary amides is 1. The van der Waals surface area contributed by atoms with E-state index in [2.05, 4.69) is 31.1 Å². The van der Waals surface area contributed by atoms with E-state index < -0.39 is 11.8 Å². The van der Waals surface area contributed by atoms with Crippen LogP contribution in [0.3, 0.4) is 0 Å². The molecule has 0 unspecified atom stereocenters. The van der Waals surface area contributed by atoms with E-state index in [-0.39, 0.29) is 31.7 Å². The van der Waals surface area contributed by atoms with Crippen LogP contribution in [0.5, 0.6) is 0 Å². The second-order valence-corrected chi connectivity index (χ2v) is 10.7. The molecule has 0 heterocycles. The van der Waals surface area contributed by atoms with E-state index in [4.69, 9.17) is 16.0 Å². The molecule has 38 heavy (non-hydrogen) atoms. The predicted octanol–water partition coefficient (Wildman–Crippen LogP) is 5.06. The third-order valence-corrected chi connectivity index (χ3v) is 6.53. The fourth-order valence-electron chi connectivity index (χ4n) is 4.82. The molecule has 1 fully saturated rings. The van der Waals surface area contributed by atoms with Gasteiger partial charge < -0.3 is 21.5 Å². The maximum absolute atomic E-state index is 12.7. The van der Waals surface area contributed by atoms with Gasteiger partial charge in [0.1, 0.15) is 0 Å². The number of nitrogens with one attached hydrogen (secondary N) is 3. The molecule has 2 aliphatic carbocycles. The average Bonchev–Trinajstić information content (AvgIpc) is 2.82. The third kappa shape index (κ3) is 9.95. The van der Waals surface area contributed by atoms with Gasteiger partial charge in [-0.15, -0.1) is 0 Å². The number of hydrogen-bond acceptors (Lipinski definition) is 7. The molecule has 0 aromatic heterocycles. The van der Waals surface area contributed by atoms with Gasteiger partial charge >= 0.3 is 0 Å². The van der Waals surface area contributed by atoms with Crippen LogP contribution in [0.25, 0.3) is 0 Å². The van der Waals surface area contributed by atoms with Crippen LogP contribution in [-0.4, -0.2) is 40.6 Å². The first kappa shape index (κ1) is 32.9. The van der Waals surface area contributed by atoms with Gasteiger partial charge in [0, 0.05) is 48.1 Å². The van der Waals surface area contributed by atoms with Crippen molar-refractivity contribution in [3.05, 3.63) is 47.2 Å². The molecule has 0 aliphatic heterocycles. The highest BCUT2D eigenvalue weighted by molar-refractivity contribution is 6.02. The average molecular weight is 531 g/mol. The van der Waals surface area contributed by atoms with Crippen molar-refractivity contribution in [1.82, 2.24) is 5.48 Å². The molecule has 2 aliphatic rings. The maximum atomic E-state index is 12.7. The maximum Gasteiger partial charge on any atom is 0.250 e. The van der Waals surface area contributed by atoms with E-state index in [0.717, 1.165) is 41.9 Å². The Morgan fingerprint density at radius 2 is 1.82 bits per heavy atom. The minimum Gasteiger partial charge on any atom is -0.396 e. The van der Waals surface area contributed by atoms with Gasteiger partial charge in [0.2, 0.25) is 5.91 Å². The Morgan fingerprint density at radius 1 is 1.16 bits per heavy atom. The number of benzene rings is 1. The number of aliphatic hydroxyl groups is 1. The number of anilines is 2. The van der Waals surface area contributed by atoms with Crippen molar-refractivity contribution in [1.29, 1.82) is 0 Å². The summed E-state index contributed by atoms with van der Waals surface area (Å²) in [6.07, 6.45) is 7.73. The minimum absolute atomic E-state index is 0. The summed E-state index contributed by atoms with van der Waals surface area (Å²) in [5.41, 5.74) is 11.4. The molecule has 0 bridgehead atoms. The summed E-state index contributed by atoms with van der Waals surface area (Å²) >= 11 is 0. The number of aliphatic hydroxyl groups excluding tert-OH is 1. The summed E-state index contributed by atoms with van der Waals surface area (Å²) < 4.78 is 0. The zero-order valence-corrected chi connectivity index (χ0v) is 22.3. The highest BCUT2D eigenvalue weighted by atomic mass is 16.5. The molecule has 1 aromatic rings. The number of ketones is 1. The van der Waals surface area contributed by atoms with Crippen molar-refractivity contribution < 1.29 is 24.7 Å². The van der Waals surface area contributed by atoms with Crippen molar-refractivity contribution in [2.75, 3.05) is 17.2 Å². The van der Waals surface area contributed by atoms with Gasteiger partial charge in [-0.3, -0.25) is 19.6 Å². The molecule has 7 N–H and O–H groups in total. The lowest BCUT2D eigenvalue weighted by atomic mass is 9.74. The molecule has 2 amide bonds. The number of amides is 2. The molecule has 0 radical (unpaired) electrons. The monoisotopic (exact) mass is 530 g/mol. The van der Waals surface area contributed by atoms with Gasteiger partial charge in [-0.05, 0) is 61.8 Å². The number of nitrogens with two attached hydrogens (primary N) is 1. The second kappa shape index (κ2) is 15.3. The Bertz CT molecular complexity index is 1030. The van der Waals surface area contributed by atoms with Crippen LogP contribution >= 0.6 is 0 Å². The number of hydroxylamine groups is 1. The highest BCUT2D eigenvalue weighted by Crippen LogP contribution is 2.39. The van der Waals surface area contributed by atoms with Crippen molar-refractivity contribution >= 4 is 29.0 Å². The summed E-state index contributed by atoms with van der Waals surface area (Å²) in [4.78, 5) is 34.7. The zero-order valence-electron chi connectivity index (χ0n) is 22.3. The Balaban J connectivity index is 0.000000699. The van der Waals surface area contributed by atoms with Crippen molar-refractivity contribution in [2.45, 2.75) is 92.0 Å². The topological polar surface area (TPSA) is 154 Å². The van der Waals surface area contributed by atoms with E-state index in [9.17, 15) is 14.4 Å². The molecule has 3 rings (SSSR count). The molecule has 9 heteroatoms. The number of Topliss-reactive ketones (excluding diaryl/α,β-unsaturated/α-hetero) is 1. The van der Waals surface area contributed by atoms with Gasteiger partial charge in [0.15, 0.2) is 5.78 Å². The summed E-state index contributed by atoms with van der Waals surface area (Å²) in [5.74, 6) is -0.768. The smallest absolute Gasteiger partial charge is 0.250 e. The molecule has 0 spiro atoms. The van der Waals surface area contributed by atoms with Crippen LogP contribution in [0.15, 0.2) is 41.6 Å². The summed E-state index contributed by atoms with van der Waals surface area (Å²) in [7, 11) is 0. The van der Waals surface area contributed by atoms with E-state index >= 15 is 0 Å². The van der Waals surface area contributed by atoms with Crippen LogP contribution in [0.4, 0.5) is 11.4 Å². The van der Waals surface area contributed by atoms with Crippen LogP contribution < -0.4 is 21.8 Å². The molecule has 0 saturated heterocycles. The SMILES string of the molecule is C.C=C(C)C1=C(Nc2ccc(C(N)=O)c(NC3CCCCC3)c2)CC(C)(C)CC1=O.O=C(CCCO)NO. The first-order valence-corrected chi connectivity index (χ1v) is 12.9. The highest BCUT2D eigenvalue weighted by Gasteiger charge is 2.33. The molecular formula is C29H46N4O5. The van der Waals surface area contributed by atoms with Gasteiger partial charge in [0.25, 0.3) is 5.91 Å². The standard InChI is InChI=1S/C24H33N3O2.C4H9NO3.CH4/c1-15(2)22-20(13-24(3,4)14-21(22)28)27-17-10-11-18(23(25)29)19(12-17)26-16-8-6-5-7-9-16;6-3-1-2-4(7)5-8;/h10-12,16,26-27H,1,5-9,13-14H2,2-4H3,(H2,25,29);6,8H,1-3H2,(H,5,7);1H4. The lowest BCUT2D eigenvalue weighted by Crippen LogP contribution is -2.29. The van der Waals surface area contributed by atoms with Crippen LogP contribution in [-0.2, 0) is 9.59 Å². The fourth-order valence-corrected chi connectivity index (χ4v) is 4.82. The largest absolute Gasteiger partial charge is 0.396 e. The van der Waals surface area contributed by atoms with Gasteiger partial charge in [-0.1, -0.05) is 47.1 Å². The number of allylic oxidation sites excluding steroid dienone is 3. The predicted molar refractivity (Wildman–Crippen MR) is 152 cm³/mol. The number of carbonyl (C=O) groups excluding carboxylic acids is 3. The van der Waals surface area contributed by atoms with E-state index in [1.807, 2.05) is 19.1 Å². The Labute approximate surface area is 226 Å². The normalized spacial score (nSPS) is 16.9. The lowest BCUT2D eigenvalue weighted by molar-refractivity contribution is -0.129. The molecule has 212 valence electrons. The summed E-state index contributed by atoms with van der Waals surface area (Å²) in [6, 6.07) is 5.90. The van der Waals surface area contributed by atoms with Crippen molar-refractivity contribution in [2.24, 2.45) is 11.1 Å². The Morgan fingerprint density at radius 3 is 2.37 bits per heavy atom. The van der Waals surface area contributed by atoms with Crippen LogP contribution in [0, 0.1) is 5.41 Å². The number of rotatable bonds is 9. The first-order valence-electron chi connectivity index (χ1n) is 12.9. The van der Waals surface area contributed by atoms with Crippen LogP contribution in [0.1, 0.15) is 96.3 Å². The van der Waals surface area contributed by atoms with E-state index in [0.29, 0.717) is 30.0 Å². The molecule has 0 atom stereocenters. The Hall–Kier alpha value is -3.17. The molecule has 1 aromatic carbocycles. The third-order valence-electron chi connectivity index (χ3n) is 6.53. The summed E-state index contributed by atoms with van der Waals surface area (Å²) in [5, 5.41) is 23.0. The molecule has 9 nitrogen and oxygen atoms in total. The van der Waals surface area contributed by atoms with Crippen molar-refractivity contribution in [3.63, 3.8) is 0 Å². The molecule has 1 saturated carbocycles. The minimum atomic E-state index is -0.459. The number of carbonyl (C=O) groups is 3. The first-order chi connectivity index (χ1) is 17.5. The number of hydrogen-bond donors (Lipinski definition) is 6. The second-order valence-electron chi connectivity index (χ2n) is 10.7. The van der Waals surface area contributed by atoms with Crippen LogP contribution in [0.2, 0.25) is 0 Å². The Kier molecular flexibility index (Phi) is 13.2. The fraction of sp³-hybridized carbons (Fsp3) is 0.552. The summed E-state index contributed by atoms with van der Waals surface area (Å²) in [6.45, 7) is 10.1. The zero-order chi connectivity index (χ0) is 27.6. The van der Waals surface area contributed by atoms with Crippen molar-refractivity contribution in [3.8, 4) is 0 Å².